The topological polar surface area (TPSA) is 114 Å². The normalized spacial score (nSPS) is 20.9. The Hall–Kier alpha value is -2.26. The second-order valence-electron chi connectivity index (χ2n) is 5.63. The van der Waals surface area contributed by atoms with Crippen molar-refractivity contribution in [3.8, 4) is 0 Å². The fourth-order valence-electron chi connectivity index (χ4n) is 2.67. The highest BCUT2D eigenvalue weighted by molar-refractivity contribution is 7.09. The number of hydrogen-bond donors (Lipinski definition) is 2. The van der Waals surface area contributed by atoms with Crippen molar-refractivity contribution in [1.29, 1.82) is 0 Å². The molecule has 3 rings (SSSR count). The fraction of sp³-hybridized carbons (Fsp3) is 0.429. The number of thiazole rings is 1. The summed E-state index contributed by atoms with van der Waals surface area (Å²) in [6.45, 7) is 2.23. The van der Waals surface area contributed by atoms with Gasteiger partial charge in [-0.15, -0.1) is 11.3 Å². The van der Waals surface area contributed by atoms with Gasteiger partial charge in [0.25, 0.3) is 5.91 Å². The number of nitrogens with zero attached hydrogens (tertiary/aromatic N) is 4. The van der Waals surface area contributed by atoms with Crippen molar-refractivity contribution in [2.75, 3.05) is 6.54 Å². The van der Waals surface area contributed by atoms with Crippen LogP contribution in [-0.2, 0) is 7.05 Å². The lowest BCUT2D eigenvalue weighted by atomic mass is 10.2. The van der Waals surface area contributed by atoms with Crippen LogP contribution in [0.25, 0.3) is 0 Å². The van der Waals surface area contributed by atoms with Crippen molar-refractivity contribution < 1.29 is 14.7 Å². The van der Waals surface area contributed by atoms with Gasteiger partial charge in [0.2, 0.25) is 0 Å². The molecule has 0 aromatic carbocycles. The summed E-state index contributed by atoms with van der Waals surface area (Å²) < 4.78 is 1.78. The lowest BCUT2D eigenvalue weighted by Gasteiger charge is -2.21. The molecule has 0 spiro atoms. The van der Waals surface area contributed by atoms with E-state index in [0.717, 1.165) is 5.82 Å². The Morgan fingerprint density at radius 1 is 1.39 bits per heavy atom. The lowest BCUT2D eigenvalue weighted by molar-refractivity contribution is 0.0691. The molecule has 23 heavy (non-hydrogen) atoms. The molecule has 8 nitrogen and oxygen atoms in total. The predicted molar refractivity (Wildman–Crippen MR) is 83.4 cm³/mol. The summed E-state index contributed by atoms with van der Waals surface area (Å²) in [5.41, 5.74) is 6.36. The summed E-state index contributed by atoms with van der Waals surface area (Å²) in [5.74, 6) is -0.539. The minimum Gasteiger partial charge on any atom is -0.476 e. The van der Waals surface area contributed by atoms with Crippen molar-refractivity contribution >= 4 is 23.2 Å². The molecule has 1 saturated heterocycles. The van der Waals surface area contributed by atoms with Crippen LogP contribution in [0.3, 0.4) is 0 Å². The van der Waals surface area contributed by atoms with E-state index in [4.69, 9.17) is 10.8 Å². The Bertz CT molecular complexity index is 749. The number of carbonyl (C=O) groups excluding carboxylic acids is 1. The summed E-state index contributed by atoms with van der Waals surface area (Å²) in [6, 6.07) is -0.469. The molecule has 122 valence electrons. The zero-order valence-electron chi connectivity index (χ0n) is 12.8. The number of imidazole rings is 1. The molecule has 3 N–H and O–H groups in total. The summed E-state index contributed by atoms with van der Waals surface area (Å²) in [4.78, 5) is 33.8. The SMILES string of the molecule is Cc1nc(C(=O)N2C[C@H](N)C[C@H]2c2nc(C(=O)O)cs2)cn1C. The van der Waals surface area contributed by atoms with Gasteiger partial charge in [0, 0.05) is 31.2 Å². The first-order valence-corrected chi connectivity index (χ1v) is 8.00. The second kappa shape index (κ2) is 5.74. The molecule has 3 heterocycles. The Balaban J connectivity index is 1.89. The maximum atomic E-state index is 12.7. The largest absolute Gasteiger partial charge is 0.476 e. The van der Waals surface area contributed by atoms with Crippen molar-refractivity contribution in [1.82, 2.24) is 19.4 Å². The van der Waals surface area contributed by atoms with Crippen LogP contribution in [0.15, 0.2) is 11.6 Å². The second-order valence-corrected chi connectivity index (χ2v) is 6.52. The molecule has 0 saturated carbocycles. The van der Waals surface area contributed by atoms with Gasteiger partial charge < -0.3 is 20.3 Å². The highest BCUT2D eigenvalue weighted by Gasteiger charge is 2.37. The monoisotopic (exact) mass is 335 g/mol. The molecule has 1 aliphatic rings. The molecule has 1 aliphatic heterocycles. The van der Waals surface area contributed by atoms with Crippen molar-refractivity contribution in [3.05, 3.63) is 33.8 Å². The van der Waals surface area contributed by atoms with Gasteiger partial charge in [-0.2, -0.15) is 0 Å². The van der Waals surface area contributed by atoms with Gasteiger partial charge in [-0.05, 0) is 13.3 Å². The maximum Gasteiger partial charge on any atom is 0.355 e. The highest BCUT2D eigenvalue weighted by Crippen LogP contribution is 2.34. The van der Waals surface area contributed by atoms with Gasteiger partial charge in [-0.3, -0.25) is 4.79 Å². The number of amides is 1. The van der Waals surface area contributed by atoms with E-state index < -0.39 is 5.97 Å². The standard InChI is InChI=1S/C14H17N5O3S/c1-7-16-9(5-18(7)2)13(20)19-4-8(15)3-11(19)12-17-10(6-23-12)14(21)22/h5-6,8,11H,3-4,15H2,1-2H3,(H,21,22)/t8-,11+/m1/s1. The number of carboxylic acids is 1. The third-order valence-corrected chi connectivity index (χ3v) is 4.89. The van der Waals surface area contributed by atoms with E-state index in [9.17, 15) is 9.59 Å². The van der Waals surface area contributed by atoms with Crippen molar-refractivity contribution in [3.63, 3.8) is 0 Å². The quantitative estimate of drug-likeness (QED) is 0.857. The number of aryl methyl sites for hydroxylation is 2. The van der Waals surface area contributed by atoms with E-state index in [1.54, 1.807) is 15.7 Å². The van der Waals surface area contributed by atoms with Gasteiger partial charge in [-0.25, -0.2) is 14.8 Å². The van der Waals surface area contributed by atoms with E-state index in [-0.39, 0.29) is 23.7 Å². The van der Waals surface area contributed by atoms with Gasteiger partial charge >= 0.3 is 5.97 Å². The van der Waals surface area contributed by atoms with E-state index >= 15 is 0 Å². The minimum atomic E-state index is -1.08. The fourth-order valence-corrected chi connectivity index (χ4v) is 3.59. The first-order valence-electron chi connectivity index (χ1n) is 7.12. The molecule has 0 aliphatic carbocycles. The Kier molecular flexibility index (Phi) is 3.90. The summed E-state index contributed by atoms with van der Waals surface area (Å²) >= 11 is 1.23. The van der Waals surface area contributed by atoms with Crippen LogP contribution in [0.1, 0.15) is 44.3 Å². The van der Waals surface area contributed by atoms with Crippen molar-refractivity contribution in [2.24, 2.45) is 12.8 Å². The minimum absolute atomic E-state index is 0.00782. The number of nitrogens with two attached hydrogens (primary N) is 1. The third kappa shape index (κ3) is 2.84. The van der Waals surface area contributed by atoms with Crippen LogP contribution in [0.2, 0.25) is 0 Å². The van der Waals surface area contributed by atoms with Gasteiger partial charge in [-0.1, -0.05) is 0 Å². The summed E-state index contributed by atoms with van der Waals surface area (Å²) in [7, 11) is 1.83. The van der Waals surface area contributed by atoms with Crippen LogP contribution in [-0.4, -0.2) is 49.0 Å². The average Bonchev–Trinajstić information content (AvgIpc) is 3.18. The predicted octanol–water partition coefficient (Wildman–Crippen LogP) is 0.798. The molecular weight excluding hydrogens is 318 g/mol. The smallest absolute Gasteiger partial charge is 0.355 e. The van der Waals surface area contributed by atoms with E-state index in [1.807, 2.05) is 14.0 Å². The molecule has 0 radical (unpaired) electrons. The molecule has 2 atom stereocenters. The number of aromatic nitrogens is 3. The summed E-state index contributed by atoms with van der Waals surface area (Å²) in [6.07, 6.45) is 2.24. The zero-order valence-corrected chi connectivity index (χ0v) is 13.6. The van der Waals surface area contributed by atoms with Crippen molar-refractivity contribution in [2.45, 2.75) is 25.4 Å². The Morgan fingerprint density at radius 3 is 2.70 bits per heavy atom. The molecule has 2 aromatic heterocycles. The van der Waals surface area contributed by atoms with Gasteiger partial charge in [0.1, 0.15) is 16.5 Å². The van der Waals surface area contributed by atoms with Gasteiger partial charge in [0.15, 0.2) is 5.69 Å². The molecule has 0 unspecified atom stereocenters. The Morgan fingerprint density at radius 2 is 2.13 bits per heavy atom. The lowest BCUT2D eigenvalue weighted by Crippen LogP contribution is -2.33. The van der Waals surface area contributed by atoms with Crippen LogP contribution in [0, 0.1) is 6.92 Å². The van der Waals surface area contributed by atoms with Crippen LogP contribution >= 0.6 is 11.3 Å². The first-order chi connectivity index (χ1) is 10.9. The van der Waals surface area contributed by atoms with Crippen LogP contribution in [0.5, 0.6) is 0 Å². The van der Waals surface area contributed by atoms with E-state index in [1.165, 1.54) is 16.7 Å². The van der Waals surface area contributed by atoms with Crippen LogP contribution < -0.4 is 5.73 Å². The molecule has 0 bridgehead atoms. The third-order valence-electron chi connectivity index (χ3n) is 3.95. The Labute approximate surface area is 136 Å². The van der Waals surface area contributed by atoms with E-state index in [2.05, 4.69) is 9.97 Å². The number of aromatic carboxylic acids is 1. The first kappa shape index (κ1) is 15.6. The molecule has 1 amide bonds. The molecular formula is C14H17N5O3S. The van der Waals surface area contributed by atoms with E-state index in [0.29, 0.717) is 23.7 Å². The molecule has 9 heteroatoms. The number of carboxylic acid groups (broad SMARTS) is 1. The number of likely N-dealkylation sites (tertiary alicyclic amines) is 1. The van der Waals surface area contributed by atoms with Crippen LogP contribution in [0.4, 0.5) is 0 Å². The zero-order chi connectivity index (χ0) is 16.7. The van der Waals surface area contributed by atoms with Gasteiger partial charge in [0.05, 0.1) is 6.04 Å². The maximum absolute atomic E-state index is 12.7. The highest BCUT2D eigenvalue weighted by atomic mass is 32.1. The molecule has 1 fully saturated rings. The number of carbonyl (C=O) groups is 2. The molecule has 2 aromatic rings. The number of rotatable bonds is 3. The summed E-state index contributed by atoms with van der Waals surface area (Å²) in [5, 5.41) is 11.1. The average molecular weight is 335 g/mol. The number of hydrogen-bond acceptors (Lipinski definition) is 6.